The highest BCUT2D eigenvalue weighted by molar-refractivity contribution is 7.94. The van der Waals surface area contributed by atoms with Crippen molar-refractivity contribution in [3.8, 4) is 0 Å². The maximum absolute atomic E-state index is 15.2. The van der Waals surface area contributed by atoms with Crippen LogP contribution in [0, 0.1) is 11.6 Å². The molecule has 4 amide bonds. The lowest BCUT2D eigenvalue weighted by atomic mass is 9.84. The van der Waals surface area contributed by atoms with E-state index in [0.717, 1.165) is 22.7 Å². The maximum Gasteiger partial charge on any atom is 0.354 e. The van der Waals surface area contributed by atoms with Gasteiger partial charge in [0.05, 0.1) is 16.1 Å². The van der Waals surface area contributed by atoms with Crippen LogP contribution < -0.4 is 20.9 Å². The summed E-state index contributed by atoms with van der Waals surface area (Å²) in [6, 6.07) is 4.65. The molecule has 2 aromatic heterocycles. The summed E-state index contributed by atoms with van der Waals surface area (Å²) in [7, 11) is -7.52. The zero-order valence-electron chi connectivity index (χ0n) is 34.2. The molecule has 0 bridgehead atoms. The molecule has 13 nitrogen and oxygen atoms in total. The summed E-state index contributed by atoms with van der Waals surface area (Å²) in [5.74, 6) is -2.34. The largest absolute Gasteiger partial charge is 0.386 e. The third-order valence-corrected chi connectivity index (χ3v) is 15.4. The van der Waals surface area contributed by atoms with Gasteiger partial charge in [0.25, 0.3) is 0 Å². The molecule has 0 aliphatic heterocycles. The monoisotopic (exact) mass is 881 g/mol. The van der Waals surface area contributed by atoms with Crippen LogP contribution in [-0.4, -0.2) is 35.7 Å². The second-order valence-electron chi connectivity index (χ2n) is 16.1. The average Bonchev–Trinajstić information content (AvgIpc) is 3.80. The van der Waals surface area contributed by atoms with E-state index in [4.69, 9.17) is 10.3 Å². The van der Waals surface area contributed by atoms with Crippen LogP contribution >= 0.6 is 22.7 Å². The van der Waals surface area contributed by atoms with Gasteiger partial charge in [0.2, 0.25) is 4.34 Å². The Labute approximate surface area is 347 Å². The van der Waals surface area contributed by atoms with Gasteiger partial charge in [-0.25, -0.2) is 42.0 Å². The van der Waals surface area contributed by atoms with Gasteiger partial charge in [0, 0.05) is 17.6 Å². The van der Waals surface area contributed by atoms with E-state index >= 15 is 8.78 Å². The van der Waals surface area contributed by atoms with Crippen LogP contribution in [0.15, 0.2) is 59.2 Å². The number of hydrogen-bond acceptors (Lipinski definition) is 9. The molecule has 2 aromatic carbocycles. The van der Waals surface area contributed by atoms with Crippen molar-refractivity contribution in [3.05, 3.63) is 86.2 Å². The molecule has 0 aliphatic carbocycles. The zero-order chi connectivity index (χ0) is 43.7. The average molecular weight is 882 g/mol. The summed E-state index contributed by atoms with van der Waals surface area (Å²) >= 11 is 1.87. The standard InChI is InChI=1S/C39H53F2N7O6S4/c1-20(2)27-14-25(40)16-29(33(27)45-35(49)47-57(42,53)32-13-24(19-55-32)38(7,8)51)22(5)11-12-23(6)30-17-26(41)15-28(21(3)4)34(30)46-36(50)48-58(43,54)37-44-18-31(56-37)39(9,10)52/h13-23,51-52H,11-12H2,1-10H3,(H3,42,45,47,49,53)(H3,43,46,48,50,54). The van der Waals surface area contributed by atoms with E-state index in [0.29, 0.717) is 51.2 Å². The smallest absolute Gasteiger partial charge is 0.354 e. The van der Waals surface area contributed by atoms with Crippen molar-refractivity contribution < 1.29 is 37.0 Å². The van der Waals surface area contributed by atoms with E-state index in [1.165, 1.54) is 50.4 Å². The van der Waals surface area contributed by atoms with Crippen molar-refractivity contribution in [3.63, 3.8) is 0 Å². The number of urea groups is 2. The molecule has 0 saturated carbocycles. The van der Waals surface area contributed by atoms with Crippen molar-refractivity contribution in [2.24, 2.45) is 19.0 Å². The molecule has 0 fully saturated rings. The molecular weight excluding hydrogens is 829 g/mol. The van der Waals surface area contributed by atoms with E-state index in [1.807, 2.05) is 41.5 Å². The molecule has 4 rings (SSSR count). The van der Waals surface area contributed by atoms with E-state index in [1.54, 1.807) is 19.2 Å². The fourth-order valence-corrected chi connectivity index (χ4v) is 10.5. The second kappa shape index (κ2) is 17.9. The van der Waals surface area contributed by atoms with E-state index < -0.39 is 60.6 Å². The lowest BCUT2D eigenvalue weighted by Gasteiger charge is -2.24. The van der Waals surface area contributed by atoms with Crippen LogP contribution in [0.5, 0.6) is 0 Å². The first kappa shape index (κ1) is 47.0. The SMILES string of the molecule is CC(C)c1cc(F)cc(C(C)CCC(C)c2cc(F)cc(C(C)C)c2NC(=O)N=S(N)(=O)c2ncc(C(C)(C)O)s2)c1NC(=O)N=S(N)(=O)c1cc(C(C)(C)O)cs1. The number of carbonyl (C=O) groups excluding carboxylic acids is 2. The number of aliphatic hydroxyl groups is 2. The minimum Gasteiger partial charge on any atom is -0.386 e. The Kier molecular flexibility index (Phi) is 14.5. The Morgan fingerprint density at radius 2 is 1.19 bits per heavy atom. The summed E-state index contributed by atoms with van der Waals surface area (Å²) in [4.78, 5) is 31.1. The Morgan fingerprint density at radius 3 is 1.57 bits per heavy atom. The highest BCUT2D eigenvalue weighted by Gasteiger charge is 2.27. The van der Waals surface area contributed by atoms with Crippen LogP contribution in [0.3, 0.4) is 0 Å². The van der Waals surface area contributed by atoms with Crippen LogP contribution in [0.25, 0.3) is 0 Å². The lowest BCUT2D eigenvalue weighted by Crippen LogP contribution is -2.19. The fraction of sp³-hybridized carbons (Fsp3) is 0.462. The van der Waals surface area contributed by atoms with Crippen molar-refractivity contribution in [1.29, 1.82) is 0 Å². The predicted octanol–water partition coefficient (Wildman–Crippen LogP) is 9.74. The molecule has 318 valence electrons. The molecule has 8 N–H and O–H groups in total. The first-order valence-electron chi connectivity index (χ1n) is 18.5. The number of nitrogens with one attached hydrogen (secondary N) is 2. The zero-order valence-corrected chi connectivity index (χ0v) is 37.4. The van der Waals surface area contributed by atoms with Crippen LogP contribution in [0.1, 0.15) is 138 Å². The molecule has 58 heavy (non-hydrogen) atoms. The summed E-state index contributed by atoms with van der Waals surface area (Å²) in [6.07, 6.45) is 2.12. The van der Waals surface area contributed by atoms with Crippen LogP contribution in [0.2, 0.25) is 0 Å². The summed E-state index contributed by atoms with van der Waals surface area (Å²) in [6.45, 7) is 17.2. The van der Waals surface area contributed by atoms with Crippen molar-refractivity contribution in [1.82, 2.24) is 4.98 Å². The maximum atomic E-state index is 15.2. The Hall–Kier alpha value is -3.69. The molecule has 0 spiro atoms. The Morgan fingerprint density at radius 1 is 0.759 bits per heavy atom. The van der Waals surface area contributed by atoms with Gasteiger partial charge in [-0.1, -0.05) is 41.5 Å². The molecule has 4 unspecified atom stereocenters. The third-order valence-electron chi connectivity index (χ3n) is 9.48. The lowest BCUT2D eigenvalue weighted by molar-refractivity contribution is 0.0788. The summed E-state index contributed by atoms with van der Waals surface area (Å²) in [5, 5.41) is 39.6. The number of anilines is 2. The number of nitrogens with zero attached hydrogens (tertiary/aromatic N) is 3. The molecule has 0 saturated heterocycles. The number of rotatable bonds is 13. The molecule has 0 aliphatic rings. The van der Waals surface area contributed by atoms with Gasteiger partial charge in [0.1, 0.15) is 15.8 Å². The molecule has 4 atom stereocenters. The van der Waals surface area contributed by atoms with Crippen molar-refractivity contribution in [2.45, 2.75) is 126 Å². The van der Waals surface area contributed by atoms with Gasteiger partial charge in [-0.15, -0.1) is 31.4 Å². The minimum absolute atomic E-state index is 0.102. The van der Waals surface area contributed by atoms with Gasteiger partial charge < -0.3 is 20.8 Å². The van der Waals surface area contributed by atoms with Crippen molar-refractivity contribution >= 4 is 65.9 Å². The summed E-state index contributed by atoms with van der Waals surface area (Å²) < 4.78 is 64.6. The number of thiophene rings is 1. The number of hydrogen-bond donors (Lipinski definition) is 6. The molecule has 2 heterocycles. The number of nitrogens with two attached hydrogens (primary N) is 2. The minimum atomic E-state index is -3.81. The molecule has 19 heteroatoms. The van der Waals surface area contributed by atoms with E-state index in [9.17, 15) is 28.2 Å². The number of thiazole rings is 1. The fourth-order valence-electron chi connectivity index (χ4n) is 6.14. The first-order valence-corrected chi connectivity index (χ1v) is 23.3. The number of benzene rings is 2. The van der Waals surface area contributed by atoms with Gasteiger partial charge in [-0.2, -0.15) is 0 Å². The van der Waals surface area contributed by atoms with Crippen LogP contribution in [-0.2, 0) is 31.0 Å². The highest BCUT2D eigenvalue weighted by atomic mass is 32.2. The molecular formula is C39H53F2N7O6S4. The summed E-state index contributed by atoms with van der Waals surface area (Å²) in [5.41, 5.74) is 0.374. The topological polar surface area (TPSA) is 222 Å². The van der Waals surface area contributed by atoms with E-state index in [-0.39, 0.29) is 32.0 Å². The number of aromatic nitrogens is 1. The normalized spacial score (nSPS) is 15.4. The number of amides is 4. The third kappa shape index (κ3) is 11.5. The Balaban J connectivity index is 1.64. The number of halogens is 2. The number of carbonyl (C=O) groups is 2. The first-order chi connectivity index (χ1) is 26.6. The van der Waals surface area contributed by atoms with Crippen molar-refractivity contribution in [2.75, 3.05) is 10.6 Å². The van der Waals surface area contributed by atoms with E-state index in [2.05, 4.69) is 24.3 Å². The quantitative estimate of drug-likeness (QED) is 0.0762. The molecule has 4 aromatic rings. The second-order valence-corrected chi connectivity index (χ2v) is 22.0. The van der Waals surface area contributed by atoms with Gasteiger partial charge in [0.15, 0.2) is 19.8 Å². The van der Waals surface area contributed by atoms with Gasteiger partial charge in [-0.3, -0.25) is 0 Å². The Bertz CT molecular complexity index is 2270. The molecule has 0 radical (unpaired) electrons. The van der Waals surface area contributed by atoms with Gasteiger partial charge in [-0.05, 0) is 128 Å². The van der Waals surface area contributed by atoms with Crippen LogP contribution in [0.4, 0.5) is 29.7 Å². The van der Waals surface area contributed by atoms with Gasteiger partial charge >= 0.3 is 12.1 Å². The predicted molar refractivity (Wildman–Crippen MR) is 228 cm³/mol. The highest BCUT2D eigenvalue weighted by Crippen LogP contribution is 2.40.